The van der Waals surface area contributed by atoms with Crippen LogP contribution in [0.1, 0.15) is 176 Å². The van der Waals surface area contributed by atoms with Crippen LogP contribution in [0.15, 0.2) is 109 Å². The molecule has 0 spiro atoms. The van der Waals surface area contributed by atoms with Gasteiger partial charge in [0.1, 0.15) is 0 Å². The van der Waals surface area contributed by atoms with E-state index in [-0.39, 0.29) is 5.78 Å². The van der Waals surface area contributed by atoms with Gasteiger partial charge in [0.25, 0.3) is 0 Å². The summed E-state index contributed by atoms with van der Waals surface area (Å²) in [6, 6.07) is 37.3. The average molecular weight is 741 g/mol. The van der Waals surface area contributed by atoms with Gasteiger partial charge in [-0.05, 0) is 59.4 Å². The number of Topliss-reactive ketones (excluding diaryl/α,β-unsaturated/α-hetero) is 1. The van der Waals surface area contributed by atoms with Crippen LogP contribution in [-0.4, -0.2) is 5.78 Å². The van der Waals surface area contributed by atoms with E-state index in [4.69, 9.17) is 0 Å². The number of carbonyl (C=O) groups is 1. The molecule has 0 amide bonds. The lowest BCUT2D eigenvalue weighted by molar-refractivity contribution is -0.108. The molecule has 4 aromatic carbocycles. The summed E-state index contributed by atoms with van der Waals surface area (Å²) in [6.45, 7) is 4.55. The molecule has 1 aliphatic rings. The topological polar surface area (TPSA) is 17.1 Å². The molecule has 0 saturated carbocycles. The van der Waals surface area contributed by atoms with Crippen LogP contribution in [0.25, 0.3) is 22.3 Å². The normalized spacial score (nSPS) is 12.4. The molecule has 1 heteroatoms. The fraction of sp³-hybridized carbons (Fsp3) is 0.400. The predicted octanol–water partition coefficient (Wildman–Crippen LogP) is 15.3. The quantitative estimate of drug-likeness (QED) is 0.0579. The lowest BCUT2D eigenvalue weighted by atomic mass is 9.88. The van der Waals surface area contributed by atoms with Crippen molar-refractivity contribution in [2.45, 2.75) is 142 Å². The Hall–Kier alpha value is -4.85. The minimum absolute atomic E-state index is 0.0575. The summed E-state index contributed by atoms with van der Waals surface area (Å²) in [5.41, 5.74) is 9.35. The second-order valence-electron chi connectivity index (χ2n) is 15.5. The highest BCUT2D eigenvalue weighted by atomic mass is 16.1. The monoisotopic (exact) mass is 740 g/mol. The highest BCUT2D eigenvalue weighted by molar-refractivity contribution is 6.59. The van der Waals surface area contributed by atoms with Gasteiger partial charge in [-0.2, -0.15) is 0 Å². The number of hydrogen-bond acceptors (Lipinski definition) is 1. The molecule has 4 aromatic rings. The van der Waals surface area contributed by atoms with Gasteiger partial charge in [0, 0.05) is 46.3 Å². The van der Waals surface area contributed by atoms with Crippen molar-refractivity contribution in [3.63, 3.8) is 0 Å². The van der Waals surface area contributed by atoms with Gasteiger partial charge in [-0.25, -0.2) is 0 Å². The number of ketones is 1. The standard InChI is InChI=1S/C55H64O/c1-3-5-7-9-11-13-15-17-19-21-25-31-45-37-41-49(42-38-45)51-52(54(48-35-29-24-30-36-48)55(56)53(51)47-33-27-23-28-34-47)50-43-39-46(40-44-50)32-26-22-20-18-16-14-12-10-8-6-4-2/h23-24,27-30,33-44H,3-22H2,1-2H3. The van der Waals surface area contributed by atoms with Gasteiger partial charge in [-0.15, -0.1) is 0 Å². The number of benzene rings is 4. The maximum atomic E-state index is 14.7. The largest absolute Gasteiger partial charge is 0.289 e. The maximum absolute atomic E-state index is 14.7. The van der Waals surface area contributed by atoms with Crippen LogP contribution >= 0.6 is 0 Å². The first-order chi connectivity index (χ1) is 27.7. The maximum Gasteiger partial charge on any atom is 0.195 e. The highest BCUT2D eigenvalue weighted by Crippen LogP contribution is 2.49. The zero-order chi connectivity index (χ0) is 39.0. The van der Waals surface area contributed by atoms with Gasteiger partial charge < -0.3 is 0 Å². The van der Waals surface area contributed by atoms with Crippen molar-refractivity contribution in [1.82, 2.24) is 0 Å². The molecule has 0 fully saturated rings. The Morgan fingerprint density at radius 1 is 0.339 bits per heavy atom. The van der Waals surface area contributed by atoms with Gasteiger partial charge in [-0.3, -0.25) is 4.79 Å². The van der Waals surface area contributed by atoms with Crippen molar-refractivity contribution in [3.05, 3.63) is 143 Å². The molecule has 290 valence electrons. The van der Waals surface area contributed by atoms with Crippen molar-refractivity contribution in [2.75, 3.05) is 0 Å². The summed E-state index contributed by atoms with van der Waals surface area (Å²) in [7, 11) is 0. The van der Waals surface area contributed by atoms with Crippen LogP contribution in [0.3, 0.4) is 0 Å². The van der Waals surface area contributed by atoms with Gasteiger partial charge in [0.05, 0.1) is 0 Å². The Kier molecular flexibility index (Phi) is 18.6. The van der Waals surface area contributed by atoms with E-state index in [1.165, 1.54) is 103 Å². The van der Waals surface area contributed by atoms with Crippen LogP contribution in [0.2, 0.25) is 0 Å². The second kappa shape index (κ2) is 24.6. The molecule has 1 nitrogen and oxygen atoms in total. The Bertz CT molecular complexity index is 1810. The summed E-state index contributed by atoms with van der Waals surface area (Å²) < 4.78 is 0. The van der Waals surface area contributed by atoms with Crippen LogP contribution in [0.5, 0.6) is 0 Å². The Balaban J connectivity index is 1.33. The average Bonchev–Trinajstić information content (AvgIpc) is 3.55. The van der Waals surface area contributed by atoms with Crippen molar-refractivity contribution < 1.29 is 4.79 Å². The Morgan fingerprint density at radius 2 is 0.643 bits per heavy atom. The molecule has 0 bridgehead atoms. The third-order valence-electron chi connectivity index (χ3n) is 11.0. The van der Waals surface area contributed by atoms with E-state index in [0.29, 0.717) is 0 Å². The second-order valence-corrected chi connectivity index (χ2v) is 15.5. The molecule has 1 aliphatic carbocycles. The lowest BCUT2D eigenvalue weighted by Crippen LogP contribution is -2.01. The first-order valence-corrected chi connectivity index (χ1v) is 22.0. The predicted molar refractivity (Wildman–Crippen MR) is 242 cm³/mol. The first kappa shape index (κ1) is 42.3. The van der Waals surface area contributed by atoms with Gasteiger partial charge in [0.2, 0.25) is 0 Å². The first-order valence-electron chi connectivity index (χ1n) is 22.0. The minimum Gasteiger partial charge on any atom is -0.289 e. The third kappa shape index (κ3) is 13.1. The number of carbonyl (C=O) groups excluding carboxylic acids is 1. The van der Waals surface area contributed by atoms with Gasteiger partial charge in [0.15, 0.2) is 5.78 Å². The molecular formula is C55H64O. The van der Waals surface area contributed by atoms with E-state index in [1.807, 2.05) is 36.4 Å². The number of rotatable bonds is 22. The van der Waals surface area contributed by atoms with E-state index in [2.05, 4.69) is 110 Å². The Labute approximate surface area is 340 Å². The zero-order valence-electron chi connectivity index (χ0n) is 34.4. The Morgan fingerprint density at radius 3 is 0.982 bits per heavy atom. The van der Waals surface area contributed by atoms with Crippen LogP contribution in [0.4, 0.5) is 0 Å². The lowest BCUT2D eigenvalue weighted by Gasteiger charge is -2.14. The van der Waals surface area contributed by atoms with Crippen molar-refractivity contribution in [3.8, 4) is 23.7 Å². The van der Waals surface area contributed by atoms with Crippen molar-refractivity contribution >= 4 is 28.1 Å². The molecule has 0 aromatic heterocycles. The van der Waals surface area contributed by atoms with E-state index < -0.39 is 0 Å². The zero-order valence-corrected chi connectivity index (χ0v) is 34.4. The SMILES string of the molecule is CCCCCCCCCCCC#Cc1ccc(C2=C(c3ccccc3)C(=O)C(c3ccccc3)=C2c2ccc(C#CCCCCCCCCCCC)cc2)cc1. The van der Waals surface area contributed by atoms with E-state index in [1.54, 1.807) is 0 Å². The molecule has 0 radical (unpaired) electrons. The summed E-state index contributed by atoms with van der Waals surface area (Å²) in [4.78, 5) is 14.7. The summed E-state index contributed by atoms with van der Waals surface area (Å²) in [6.07, 6.45) is 25.7. The highest BCUT2D eigenvalue weighted by Gasteiger charge is 2.35. The van der Waals surface area contributed by atoms with Crippen molar-refractivity contribution in [1.29, 1.82) is 0 Å². The number of hydrogen-bond donors (Lipinski definition) is 0. The fourth-order valence-corrected chi connectivity index (χ4v) is 7.76. The smallest absolute Gasteiger partial charge is 0.195 e. The molecule has 0 N–H and O–H groups in total. The molecule has 0 saturated heterocycles. The number of allylic oxidation sites excluding steroid dienone is 4. The molecule has 0 heterocycles. The van der Waals surface area contributed by atoms with Crippen molar-refractivity contribution in [2.24, 2.45) is 0 Å². The fourth-order valence-electron chi connectivity index (χ4n) is 7.76. The van der Waals surface area contributed by atoms with Crippen LogP contribution in [0, 0.1) is 23.7 Å². The molecular weight excluding hydrogens is 677 g/mol. The molecule has 5 rings (SSSR count). The van der Waals surface area contributed by atoms with Gasteiger partial charge in [-0.1, -0.05) is 225 Å². The third-order valence-corrected chi connectivity index (χ3v) is 11.0. The minimum atomic E-state index is 0.0575. The van der Waals surface area contributed by atoms with Crippen LogP contribution in [-0.2, 0) is 4.79 Å². The van der Waals surface area contributed by atoms with Crippen LogP contribution < -0.4 is 0 Å². The van der Waals surface area contributed by atoms with E-state index in [9.17, 15) is 4.79 Å². The molecule has 0 aliphatic heterocycles. The molecule has 0 atom stereocenters. The van der Waals surface area contributed by atoms with E-state index >= 15 is 0 Å². The number of unbranched alkanes of at least 4 members (excludes halogenated alkanes) is 18. The van der Waals surface area contributed by atoms with Gasteiger partial charge >= 0.3 is 0 Å². The summed E-state index contributed by atoms with van der Waals surface area (Å²) >= 11 is 0. The summed E-state index contributed by atoms with van der Waals surface area (Å²) in [5, 5.41) is 0. The molecule has 0 unspecified atom stereocenters. The summed E-state index contributed by atoms with van der Waals surface area (Å²) in [5.74, 6) is 13.7. The van der Waals surface area contributed by atoms with E-state index in [0.717, 1.165) is 81.4 Å². The molecule has 56 heavy (non-hydrogen) atoms.